The maximum absolute atomic E-state index is 13.8. The second-order valence-corrected chi connectivity index (χ2v) is 12.1. The van der Waals surface area contributed by atoms with Crippen LogP contribution >= 0.6 is 0 Å². The molecule has 0 spiro atoms. The number of carbonyl (C=O) groups excluding carboxylic acids is 3. The molecule has 1 N–H and O–H groups in total. The molecule has 7 unspecified atom stereocenters. The van der Waals surface area contributed by atoms with Crippen molar-refractivity contribution in [3.05, 3.63) is 42.1 Å². The van der Waals surface area contributed by atoms with Gasteiger partial charge in [0, 0.05) is 40.2 Å². The summed E-state index contributed by atoms with van der Waals surface area (Å²) in [6.07, 6.45) is 8.30. The zero-order valence-corrected chi connectivity index (χ0v) is 20.8. The number of furan rings is 1. The molecule has 0 bridgehead atoms. The number of ketones is 2. The van der Waals surface area contributed by atoms with E-state index in [0.717, 1.165) is 6.42 Å². The Bertz CT molecular complexity index is 1140. The SMILES string of the molecule is CC(=O)OC1CC2C(C)(C)C(=O)C=CC2(C)C2CCC3(C)C(c4ccoc4)=C(O)C(=O)C3C12C. The van der Waals surface area contributed by atoms with E-state index >= 15 is 0 Å². The van der Waals surface area contributed by atoms with E-state index < -0.39 is 34.2 Å². The molecule has 0 saturated heterocycles. The topological polar surface area (TPSA) is 93.8 Å². The summed E-state index contributed by atoms with van der Waals surface area (Å²) >= 11 is 0. The highest BCUT2D eigenvalue weighted by molar-refractivity contribution is 6.09. The number of allylic oxidation sites excluding steroid dienone is 4. The van der Waals surface area contributed by atoms with Crippen LogP contribution in [0.4, 0.5) is 0 Å². The summed E-state index contributed by atoms with van der Waals surface area (Å²) in [5.74, 6) is -1.41. The molecule has 1 heterocycles. The Morgan fingerprint density at radius 1 is 1.15 bits per heavy atom. The lowest BCUT2D eigenvalue weighted by molar-refractivity contribution is -0.217. The van der Waals surface area contributed by atoms with Crippen molar-refractivity contribution < 1.29 is 28.6 Å². The predicted octanol–water partition coefficient (Wildman–Crippen LogP) is 5.29. The summed E-state index contributed by atoms with van der Waals surface area (Å²) in [5.41, 5.74) is -0.960. The Balaban J connectivity index is 1.70. The first-order chi connectivity index (χ1) is 15.8. The maximum Gasteiger partial charge on any atom is 0.302 e. The molecule has 7 atom stereocenters. The number of hydrogen-bond acceptors (Lipinski definition) is 6. The van der Waals surface area contributed by atoms with E-state index in [0.29, 0.717) is 24.0 Å². The molecule has 34 heavy (non-hydrogen) atoms. The summed E-state index contributed by atoms with van der Waals surface area (Å²) in [4.78, 5) is 39.0. The van der Waals surface area contributed by atoms with Crippen LogP contribution in [0.5, 0.6) is 0 Å². The van der Waals surface area contributed by atoms with Crippen molar-refractivity contribution >= 4 is 23.1 Å². The van der Waals surface area contributed by atoms with Crippen molar-refractivity contribution in [1.82, 2.24) is 0 Å². The first-order valence-electron chi connectivity index (χ1n) is 12.2. The fraction of sp³-hybridized carbons (Fsp3) is 0.607. The van der Waals surface area contributed by atoms with Crippen molar-refractivity contribution in [3.63, 3.8) is 0 Å². The molecule has 0 aromatic carbocycles. The van der Waals surface area contributed by atoms with Gasteiger partial charge in [0.2, 0.25) is 5.78 Å². The lowest BCUT2D eigenvalue weighted by Crippen LogP contribution is -2.67. The van der Waals surface area contributed by atoms with E-state index in [-0.39, 0.29) is 34.6 Å². The third-order valence-electron chi connectivity index (χ3n) is 10.1. The molecule has 5 rings (SSSR count). The van der Waals surface area contributed by atoms with E-state index in [1.807, 2.05) is 26.8 Å². The second kappa shape index (κ2) is 6.96. The molecule has 6 nitrogen and oxygen atoms in total. The van der Waals surface area contributed by atoms with Crippen molar-refractivity contribution in [1.29, 1.82) is 0 Å². The molecular formula is C28H34O6. The minimum atomic E-state index is -0.721. The quantitative estimate of drug-likeness (QED) is 0.595. The van der Waals surface area contributed by atoms with Gasteiger partial charge in [-0.2, -0.15) is 0 Å². The van der Waals surface area contributed by atoms with E-state index in [4.69, 9.17) is 9.15 Å². The number of rotatable bonds is 2. The highest BCUT2D eigenvalue weighted by atomic mass is 16.5. The minimum absolute atomic E-state index is 0.00903. The van der Waals surface area contributed by atoms with Crippen LogP contribution in [0.25, 0.3) is 5.57 Å². The third-order valence-corrected chi connectivity index (χ3v) is 10.1. The fourth-order valence-electron chi connectivity index (χ4n) is 8.71. The van der Waals surface area contributed by atoms with Gasteiger partial charge in [0.15, 0.2) is 11.5 Å². The maximum atomic E-state index is 13.8. The molecule has 182 valence electrons. The van der Waals surface area contributed by atoms with Crippen LogP contribution < -0.4 is 0 Å². The number of esters is 1. The third kappa shape index (κ3) is 2.65. The molecule has 0 aliphatic heterocycles. The minimum Gasteiger partial charge on any atom is -0.504 e. The van der Waals surface area contributed by atoms with Gasteiger partial charge < -0.3 is 14.3 Å². The Kier molecular flexibility index (Phi) is 4.73. The number of Topliss-reactive ketones (excluding diaryl/α,β-unsaturated/α-hetero) is 1. The van der Waals surface area contributed by atoms with E-state index in [1.165, 1.54) is 6.92 Å². The van der Waals surface area contributed by atoms with Crippen LogP contribution in [0.2, 0.25) is 0 Å². The zero-order valence-electron chi connectivity index (χ0n) is 20.8. The number of hydrogen-bond donors (Lipinski definition) is 1. The first kappa shape index (κ1) is 23.1. The van der Waals surface area contributed by atoms with E-state index in [9.17, 15) is 19.5 Å². The Labute approximate surface area is 200 Å². The van der Waals surface area contributed by atoms with Crippen LogP contribution in [-0.4, -0.2) is 28.7 Å². The number of carbonyl (C=O) groups is 3. The fourth-order valence-corrected chi connectivity index (χ4v) is 8.71. The van der Waals surface area contributed by atoms with Crippen LogP contribution in [0.1, 0.15) is 66.4 Å². The summed E-state index contributed by atoms with van der Waals surface area (Å²) in [6, 6.07) is 1.78. The van der Waals surface area contributed by atoms with Gasteiger partial charge in [-0.25, -0.2) is 0 Å². The lowest BCUT2D eigenvalue weighted by Gasteiger charge is -2.67. The van der Waals surface area contributed by atoms with Crippen LogP contribution in [0.3, 0.4) is 0 Å². The zero-order chi connectivity index (χ0) is 24.8. The first-order valence-corrected chi connectivity index (χ1v) is 12.2. The molecule has 4 aliphatic carbocycles. The largest absolute Gasteiger partial charge is 0.504 e. The summed E-state index contributed by atoms with van der Waals surface area (Å²) < 4.78 is 11.3. The summed E-state index contributed by atoms with van der Waals surface area (Å²) in [6.45, 7) is 11.7. The Morgan fingerprint density at radius 2 is 1.85 bits per heavy atom. The van der Waals surface area contributed by atoms with Gasteiger partial charge >= 0.3 is 5.97 Å². The van der Waals surface area contributed by atoms with Crippen LogP contribution in [0.15, 0.2) is 40.9 Å². The molecule has 2 fully saturated rings. The van der Waals surface area contributed by atoms with Crippen molar-refractivity contribution in [3.8, 4) is 0 Å². The standard InChI is InChI=1S/C28H34O6/c1-15(29)34-20-13-18-25(2,3)19(30)8-11-26(18,4)17-7-10-27(5)21(16-9-12-33-14-16)22(31)23(32)24(27)28(17,20)6/h8-9,11-12,14,17-18,20,24,31H,7,10,13H2,1-6H3. The van der Waals surface area contributed by atoms with Crippen molar-refractivity contribution in [2.24, 2.45) is 39.4 Å². The van der Waals surface area contributed by atoms with Crippen LogP contribution in [0, 0.1) is 39.4 Å². The van der Waals surface area contributed by atoms with Crippen LogP contribution in [-0.2, 0) is 19.1 Å². The molecule has 4 aliphatic rings. The van der Waals surface area contributed by atoms with Gasteiger partial charge in [-0.15, -0.1) is 0 Å². The predicted molar refractivity (Wildman–Crippen MR) is 125 cm³/mol. The average molecular weight is 467 g/mol. The molecule has 1 aromatic rings. The Hall–Kier alpha value is -2.63. The molecule has 2 saturated carbocycles. The van der Waals surface area contributed by atoms with E-state index in [2.05, 4.69) is 13.8 Å². The monoisotopic (exact) mass is 466 g/mol. The molecule has 6 heteroatoms. The summed E-state index contributed by atoms with van der Waals surface area (Å²) in [7, 11) is 0. The van der Waals surface area contributed by atoms with Gasteiger partial charge in [-0.1, -0.05) is 40.7 Å². The van der Waals surface area contributed by atoms with Gasteiger partial charge in [-0.05, 0) is 48.7 Å². The number of ether oxygens (including phenoxy) is 1. The molecule has 1 aromatic heterocycles. The van der Waals surface area contributed by atoms with Gasteiger partial charge in [0.1, 0.15) is 6.10 Å². The second-order valence-electron chi connectivity index (χ2n) is 12.1. The van der Waals surface area contributed by atoms with Gasteiger partial charge in [-0.3, -0.25) is 14.4 Å². The smallest absolute Gasteiger partial charge is 0.302 e. The van der Waals surface area contributed by atoms with Crippen molar-refractivity contribution in [2.75, 3.05) is 0 Å². The molecule has 0 amide bonds. The van der Waals surface area contributed by atoms with Gasteiger partial charge in [0.25, 0.3) is 0 Å². The number of aliphatic hydroxyl groups is 1. The number of fused-ring (bicyclic) bond motifs is 5. The lowest BCUT2D eigenvalue weighted by atomic mass is 9.37. The highest BCUT2D eigenvalue weighted by Gasteiger charge is 2.72. The molecule has 0 radical (unpaired) electrons. The van der Waals surface area contributed by atoms with Crippen molar-refractivity contribution in [2.45, 2.75) is 66.9 Å². The highest BCUT2D eigenvalue weighted by Crippen LogP contribution is 2.73. The summed E-state index contributed by atoms with van der Waals surface area (Å²) in [5, 5.41) is 11.1. The van der Waals surface area contributed by atoms with Gasteiger partial charge in [0.05, 0.1) is 12.5 Å². The number of aliphatic hydroxyl groups excluding tert-OH is 1. The Morgan fingerprint density at radius 3 is 2.47 bits per heavy atom. The molecular weight excluding hydrogens is 432 g/mol. The normalized spacial score (nSPS) is 42.8. The van der Waals surface area contributed by atoms with E-state index in [1.54, 1.807) is 24.7 Å². The average Bonchev–Trinajstić information content (AvgIpc) is 3.32.